The Hall–Kier alpha value is -3.79. The van der Waals surface area contributed by atoms with E-state index >= 15 is 0 Å². The molecule has 1 amide bonds. The minimum absolute atomic E-state index is 0.165. The average Bonchev–Trinajstić information content (AvgIpc) is 2.90. The molecule has 4 nitrogen and oxygen atoms in total. The maximum Gasteiger partial charge on any atom is 0.228 e. The molecule has 180 valence electrons. The number of nitrogens with one attached hydrogen (secondary N) is 1. The third-order valence-corrected chi connectivity index (χ3v) is 6.89. The topological polar surface area (TPSA) is 62.1 Å². The van der Waals surface area contributed by atoms with E-state index in [2.05, 4.69) is 23.5 Å². The number of carbonyl (C=O) groups is 1. The summed E-state index contributed by atoms with van der Waals surface area (Å²) in [7, 11) is 0. The number of benzene rings is 4. The van der Waals surface area contributed by atoms with E-state index in [4.69, 9.17) is 21.6 Å². The summed E-state index contributed by atoms with van der Waals surface area (Å²) >= 11 is 7.71. The smallest absolute Gasteiger partial charge is 0.228 e. The number of carbonyl (C=O) groups excluding carboxylic acids is 1. The molecule has 1 N–H and O–H groups in total. The van der Waals surface area contributed by atoms with Gasteiger partial charge in [-0.05, 0) is 54.1 Å². The standard InChI is InChI=1S/C29H22ClFN2O2S/c30-26-7-4-8-27(31)25(26)16-29(34)33-23-12-11-22(18-35-24-13-9-20(17-32)10-14-24)28(15-23)36-19-21-5-2-1-3-6-21/h1-15H,16,18-19H2,(H,33,34). The number of hydrogen-bond donors (Lipinski definition) is 1. The quantitative estimate of drug-likeness (QED) is 0.235. The Labute approximate surface area is 218 Å². The monoisotopic (exact) mass is 516 g/mol. The Balaban J connectivity index is 1.50. The summed E-state index contributed by atoms with van der Waals surface area (Å²) in [4.78, 5) is 13.6. The molecule has 0 heterocycles. The maximum atomic E-state index is 14.1. The molecule has 0 radical (unpaired) electrons. The number of nitriles is 1. The van der Waals surface area contributed by atoms with Crippen LogP contribution in [-0.2, 0) is 23.6 Å². The van der Waals surface area contributed by atoms with Crippen molar-refractivity contribution in [2.75, 3.05) is 5.32 Å². The largest absolute Gasteiger partial charge is 0.489 e. The molecule has 0 saturated carbocycles. The number of nitrogens with zero attached hydrogens (tertiary/aromatic N) is 1. The summed E-state index contributed by atoms with van der Waals surface area (Å²) < 4.78 is 20.0. The number of ether oxygens (including phenoxy) is 1. The fourth-order valence-corrected chi connectivity index (χ4v) is 4.74. The van der Waals surface area contributed by atoms with Crippen LogP contribution in [0.3, 0.4) is 0 Å². The molecule has 0 fully saturated rings. The molecular formula is C29H22ClFN2O2S. The van der Waals surface area contributed by atoms with Crippen molar-refractivity contribution in [1.29, 1.82) is 5.26 Å². The Morgan fingerprint density at radius 3 is 2.50 bits per heavy atom. The van der Waals surface area contributed by atoms with E-state index in [1.54, 1.807) is 48.2 Å². The lowest BCUT2D eigenvalue weighted by atomic mass is 10.1. The van der Waals surface area contributed by atoms with Gasteiger partial charge in [-0.2, -0.15) is 5.26 Å². The van der Waals surface area contributed by atoms with E-state index in [1.165, 1.54) is 17.7 Å². The third-order valence-electron chi connectivity index (χ3n) is 5.36. The number of halogens is 2. The molecule has 0 aliphatic carbocycles. The Bertz CT molecular complexity index is 1370. The fourth-order valence-electron chi connectivity index (χ4n) is 3.47. The van der Waals surface area contributed by atoms with Crippen molar-refractivity contribution in [2.45, 2.75) is 23.7 Å². The van der Waals surface area contributed by atoms with Crippen LogP contribution in [0.1, 0.15) is 22.3 Å². The van der Waals surface area contributed by atoms with Crippen LogP contribution in [0.25, 0.3) is 0 Å². The number of anilines is 1. The minimum atomic E-state index is -0.507. The van der Waals surface area contributed by atoms with Gasteiger partial charge >= 0.3 is 0 Å². The summed E-state index contributed by atoms with van der Waals surface area (Å²) in [5.74, 6) is 0.536. The lowest BCUT2D eigenvalue weighted by Crippen LogP contribution is -2.15. The highest BCUT2D eigenvalue weighted by Gasteiger charge is 2.14. The number of hydrogen-bond acceptors (Lipinski definition) is 4. The number of rotatable bonds is 9. The summed E-state index contributed by atoms with van der Waals surface area (Å²) in [5, 5.41) is 12.0. The van der Waals surface area contributed by atoms with Gasteiger partial charge in [-0.15, -0.1) is 11.8 Å². The molecule has 4 rings (SSSR count). The molecule has 0 spiro atoms. The molecule has 0 aliphatic heterocycles. The normalized spacial score (nSPS) is 10.5. The molecule has 0 unspecified atom stereocenters. The number of thioether (sulfide) groups is 1. The zero-order valence-electron chi connectivity index (χ0n) is 19.2. The first-order valence-corrected chi connectivity index (χ1v) is 12.5. The zero-order chi connectivity index (χ0) is 25.3. The third kappa shape index (κ3) is 6.88. The highest BCUT2D eigenvalue weighted by molar-refractivity contribution is 7.98. The summed E-state index contributed by atoms with van der Waals surface area (Å²) in [5.41, 5.74) is 3.46. The summed E-state index contributed by atoms with van der Waals surface area (Å²) in [6.45, 7) is 0.322. The van der Waals surface area contributed by atoms with Crippen molar-refractivity contribution in [1.82, 2.24) is 0 Å². The van der Waals surface area contributed by atoms with Crippen molar-refractivity contribution >= 4 is 35.0 Å². The lowest BCUT2D eigenvalue weighted by molar-refractivity contribution is -0.115. The van der Waals surface area contributed by atoms with Gasteiger partial charge in [-0.25, -0.2) is 4.39 Å². The van der Waals surface area contributed by atoms with Crippen LogP contribution < -0.4 is 10.1 Å². The van der Waals surface area contributed by atoms with Gasteiger partial charge in [0, 0.05) is 32.5 Å². The van der Waals surface area contributed by atoms with E-state index < -0.39 is 5.82 Å². The van der Waals surface area contributed by atoms with E-state index in [9.17, 15) is 9.18 Å². The Morgan fingerprint density at radius 1 is 1.00 bits per heavy atom. The van der Waals surface area contributed by atoms with Gasteiger partial charge in [0.2, 0.25) is 5.91 Å². The van der Waals surface area contributed by atoms with Gasteiger partial charge in [0.15, 0.2) is 0 Å². The molecule has 0 aromatic heterocycles. The Kier molecular flexibility index (Phi) is 8.62. The highest BCUT2D eigenvalue weighted by atomic mass is 35.5. The van der Waals surface area contributed by atoms with Gasteiger partial charge in [0.25, 0.3) is 0 Å². The van der Waals surface area contributed by atoms with Crippen molar-refractivity contribution < 1.29 is 13.9 Å². The summed E-state index contributed by atoms with van der Waals surface area (Å²) in [6, 6.07) is 29.1. The minimum Gasteiger partial charge on any atom is -0.489 e. The van der Waals surface area contributed by atoms with Crippen LogP contribution in [-0.4, -0.2) is 5.91 Å². The van der Waals surface area contributed by atoms with Crippen LogP contribution in [0, 0.1) is 17.1 Å². The first kappa shape index (κ1) is 25.3. The van der Waals surface area contributed by atoms with Crippen LogP contribution in [0.4, 0.5) is 10.1 Å². The van der Waals surface area contributed by atoms with Gasteiger partial charge in [-0.3, -0.25) is 4.79 Å². The molecule has 0 bridgehead atoms. The molecule has 0 aliphatic rings. The van der Waals surface area contributed by atoms with Crippen molar-refractivity contribution in [3.63, 3.8) is 0 Å². The van der Waals surface area contributed by atoms with Crippen LogP contribution >= 0.6 is 23.4 Å². The molecule has 0 atom stereocenters. The number of amides is 1. The van der Waals surface area contributed by atoms with E-state index in [0.717, 1.165) is 16.2 Å². The van der Waals surface area contributed by atoms with Crippen molar-refractivity contribution in [3.8, 4) is 11.8 Å². The van der Waals surface area contributed by atoms with Crippen LogP contribution in [0.15, 0.2) is 95.9 Å². The summed E-state index contributed by atoms with van der Waals surface area (Å²) in [6.07, 6.45) is -0.165. The zero-order valence-corrected chi connectivity index (χ0v) is 20.8. The van der Waals surface area contributed by atoms with Crippen molar-refractivity contribution in [3.05, 3.63) is 124 Å². The first-order valence-electron chi connectivity index (χ1n) is 11.2. The second-order valence-corrected chi connectivity index (χ2v) is 9.37. The van der Waals surface area contributed by atoms with Gasteiger partial charge in [0.1, 0.15) is 18.2 Å². The molecule has 4 aromatic rings. The molecule has 7 heteroatoms. The lowest BCUT2D eigenvalue weighted by Gasteiger charge is -2.14. The predicted molar refractivity (Wildman–Crippen MR) is 142 cm³/mol. The van der Waals surface area contributed by atoms with E-state index in [0.29, 0.717) is 23.6 Å². The average molecular weight is 517 g/mol. The van der Waals surface area contributed by atoms with Gasteiger partial charge in [-0.1, -0.05) is 54.1 Å². The van der Waals surface area contributed by atoms with Crippen LogP contribution in [0.5, 0.6) is 5.75 Å². The highest BCUT2D eigenvalue weighted by Crippen LogP contribution is 2.30. The fraction of sp³-hybridized carbons (Fsp3) is 0.103. The predicted octanol–water partition coefficient (Wildman–Crippen LogP) is 7.40. The molecule has 0 saturated heterocycles. The first-order chi connectivity index (χ1) is 17.5. The van der Waals surface area contributed by atoms with Crippen LogP contribution in [0.2, 0.25) is 5.02 Å². The molecular weight excluding hydrogens is 495 g/mol. The van der Waals surface area contributed by atoms with E-state index in [1.807, 2.05) is 30.3 Å². The van der Waals surface area contributed by atoms with Crippen molar-refractivity contribution in [2.24, 2.45) is 0 Å². The second kappa shape index (κ2) is 12.3. The van der Waals surface area contributed by atoms with Gasteiger partial charge in [0.05, 0.1) is 18.1 Å². The SMILES string of the molecule is N#Cc1ccc(OCc2ccc(NC(=O)Cc3c(F)cccc3Cl)cc2SCc2ccccc2)cc1. The van der Waals surface area contributed by atoms with E-state index in [-0.39, 0.29) is 22.9 Å². The molecule has 4 aromatic carbocycles. The van der Waals surface area contributed by atoms with Gasteiger partial charge < -0.3 is 10.1 Å². The maximum absolute atomic E-state index is 14.1. The molecule has 36 heavy (non-hydrogen) atoms. The Morgan fingerprint density at radius 2 is 1.78 bits per heavy atom. The second-order valence-electron chi connectivity index (χ2n) is 7.95.